The van der Waals surface area contributed by atoms with E-state index in [1.54, 1.807) is 25.1 Å². The molecule has 0 radical (unpaired) electrons. The maximum absolute atomic E-state index is 12.4. The maximum atomic E-state index is 12.4. The molecule has 0 aliphatic carbocycles. The first-order chi connectivity index (χ1) is 8.28. The average molecular weight is 334 g/mol. The fraction of sp³-hybridized carbons (Fsp3) is 0.417. The van der Waals surface area contributed by atoms with Gasteiger partial charge in [-0.25, -0.2) is 8.42 Å². The van der Waals surface area contributed by atoms with Gasteiger partial charge in [-0.3, -0.25) is 4.79 Å². The number of nitrogen functional groups attached to an aromatic ring is 1. The number of hydrogen-bond donors (Lipinski definition) is 1. The van der Waals surface area contributed by atoms with Crippen molar-refractivity contribution in [2.75, 3.05) is 11.5 Å². The molecule has 1 atom stereocenters. The number of alkyl halides is 1. The van der Waals surface area contributed by atoms with E-state index >= 15 is 0 Å². The molecule has 2 N–H and O–H groups in total. The van der Waals surface area contributed by atoms with Crippen LogP contribution in [0.1, 0.15) is 30.6 Å². The largest absolute Gasteiger partial charge is 0.399 e. The van der Waals surface area contributed by atoms with E-state index in [1.807, 2.05) is 0 Å². The van der Waals surface area contributed by atoms with Crippen LogP contribution in [0.25, 0.3) is 0 Å². The van der Waals surface area contributed by atoms with Gasteiger partial charge in [0.25, 0.3) is 0 Å². The highest BCUT2D eigenvalue weighted by Gasteiger charge is 2.45. The Labute approximate surface area is 116 Å². The Morgan fingerprint density at radius 3 is 2.44 bits per heavy atom. The molecule has 18 heavy (non-hydrogen) atoms. The minimum absolute atomic E-state index is 0.0971. The predicted molar refractivity (Wildman–Crippen MR) is 76.6 cm³/mol. The molecule has 0 spiro atoms. The number of ketones is 1. The fourth-order valence-electron chi connectivity index (χ4n) is 1.65. The van der Waals surface area contributed by atoms with E-state index in [-0.39, 0.29) is 12.2 Å². The van der Waals surface area contributed by atoms with Crippen molar-refractivity contribution in [1.82, 2.24) is 0 Å². The van der Waals surface area contributed by atoms with Gasteiger partial charge in [-0.15, -0.1) is 0 Å². The number of nitrogens with two attached hydrogens (primary N) is 1. The molecular weight excluding hydrogens is 318 g/mol. The SMILES string of the molecule is CCC(Br)(C(=O)c1cccc(N)c1)S(=O)(=O)CC. The van der Waals surface area contributed by atoms with Gasteiger partial charge >= 0.3 is 0 Å². The summed E-state index contributed by atoms with van der Waals surface area (Å²) >= 11 is 3.11. The van der Waals surface area contributed by atoms with Gasteiger partial charge in [-0.1, -0.05) is 41.9 Å². The minimum Gasteiger partial charge on any atom is -0.399 e. The van der Waals surface area contributed by atoms with Crippen molar-refractivity contribution in [2.24, 2.45) is 0 Å². The van der Waals surface area contributed by atoms with Gasteiger partial charge in [-0.2, -0.15) is 0 Å². The highest BCUT2D eigenvalue weighted by molar-refractivity contribution is 9.12. The maximum Gasteiger partial charge on any atom is 0.194 e. The van der Waals surface area contributed by atoms with Gasteiger partial charge in [-0.05, 0) is 18.6 Å². The van der Waals surface area contributed by atoms with Crippen LogP contribution in [0.15, 0.2) is 24.3 Å². The van der Waals surface area contributed by atoms with Crippen LogP contribution in [0.4, 0.5) is 5.69 Å². The summed E-state index contributed by atoms with van der Waals surface area (Å²) in [4.78, 5) is 12.4. The molecule has 6 heteroatoms. The fourth-order valence-corrected chi connectivity index (χ4v) is 3.86. The quantitative estimate of drug-likeness (QED) is 0.509. The molecular formula is C12H16BrNO3S. The average Bonchev–Trinajstić information content (AvgIpc) is 2.36. The van der Waals surface area contributed by atoms with Crippen LogP contribution in [0.3, 0.4) is 0 Å². The Morgan fingerprint density at radius 2 is 2.00 bits per heavy atom. The van der Waals surface area contributed by atoms with Crippen molar-refractivity contribution < 1.29 is 13.2 Å². The molecule has 0 bridgehead atoms. The van der Waals surface area contributed by atoms with Gasteiger partial charge in [0.05, 0.1) is 0 Å². The molecule has 100 valence electrons. The van der Waals surface area contributed by atoms with Crippen molar-refractivity contribution in [2.45, 2.75) is 23.9 Å². The van der Waals surface area contributed by atoms with E-state index in [2.05, 4.69) is 15.9 Å². The van der Waals surface area contributed by atoms with Gasteiger partial charge in [0.15, 0.2) is 19.3 Å². The number of carbonyl (C=O) groups is 1. The molecule has 0 saturated carbocycles. The van der Waals surface area contributed by atoms with Crippen LogP contribution in [-0.4, -0.2) is 23.6 Å². The van der Waals surface area contributed by atoms with Crippen LogP contribution in [-0.2, 0) is 9.84 Å². The lowest BCUT2D eigenvalue weighted by Crippen LogP contribution is -2.41. The molecule has 1 unspecified atom stereocenters. The molecule has 0 heterocycles. The third-order valence-electron chi connectivity index (χ3n) is 2.82. The molecule has 0 aromatic heterocycles. The predicted octanol–water partition coefficient (Wildman–Crippen LogP) is 2.39. The lowest BCUT2D eigenvalue weighted by molar-refractivity contribution is 0.0976. The Hall–Kier alpha value is -0.880. The second kappa shape index (κ2) is 5.40. The van der Waals surface area contributed by atoms with Gasteiger partial charge in [0.2, 0.25) is 0 Å². The van der Waals surface area contributed by atoms with Gasteiger partial charge in [0, 0.05) is 17.0 Å². The smallest absolute Gasteiger partial charge is 0.194 e. The number of sulfone groups is 1. The van der Waals surface area contributed by atoms with Crippen molar-refractivity contribution in [3.63, 3.8) is 0 Å². The Bertz CT molecular complexity index is 556. The number of rotatable bonds is 5. The third-order valence-corrected chi connectivity index (χ3v) is 7.44. The summed E-state index contributed by atoms with van der Waals surface area (Å²) in [6.07, 6.45) is 0.163. The lowest BCUT2D eigenvalue weighted by Gasteiger charge is -2.24. The zero-order valence-electron chi connectivity index (χ0n) is 10.3. The summed E-state index contributed by atoms with van der Waals surface area (Å²) in [5.41, 5.74) is 6.33. The minimum atomic E-state index is -3.54. The summed E-state index contributed by atoms with van der Waals surface area (Å²) in [7, 11) is -3.54. The van der Waals surface area contributed by atoms with Crippen molar-refractivity contribution in [3.05, 3.63) is 29.8 Å². The van der Waals surface area contributed by atoms with E-state index in [0.29, 0.717) is 11.3 Å². The summed E-state index contributed by atoms with van der Waals surface area (Å²) in [6.45, 7) is 3.18. The third kappa shape index (κ3) is 2.59. The van der Waals surface area contributed by atoms with E-state index in [4.69, 9.17) is 5.73 Å². The first-order valence-corrected chi connectivity index (χ1v) is 8.04. The molecule has 0 aliphatic heterocycles. The van der Waals surface area contributed by atoms with E-state index in [0.717, 1.165) is 0 Å². The Morgan fingerprint density at radius 1 is 1.39 bits per heavy atom. The molecule has 0 fully saturated rings. The number of carbonyl (C=O) groups excluding carboxylic acids is 1. The van der Waals surface area contributed by atoms with Gasteiger partial charge < -0.3 is 5.73 Å². The molecule has 0 amide bonds. The first-order valence-electron chi connectivity index (χ1n) is 5.60. The topological polar surface area (TPSA) is 77.2 Å². The summed E-state index contributed by atoms with van der Waals surface area (Å²) in [6, 6.07) is 6.33. The van der Waals surface area contributed by atoms with Crippen LogP contribution < -0.4 is 5.73 Å². The zero-order chi connectivity index (χ0) is 14.0. The van der Waals surface area contributed by atoms with Crippen LogP contribution >= 0.6 is 15.9 Å². The van der Waals surface area contributed by atoms with E-state index in [1.165, 1.54) is 13.0 Å². The number of anilines is 1. The highest BCUT2D eigenvalue weighted by atomic mass is 79.9. The Kier molecular flexibility index (Phi) is 4.55. The highest BCUT2D eigenvalue weighted by Crippen LogP contribution is 2.34. The van der Waals surface area contributed by atoms with Crippen molar-refractivity contribution in [3.8, 4) is 0 Å². The summed E-state index contributed by atoms with van der Waals surface area (Å²) in [5.74, 6) is -0.570. The number of Topliss-reactive ketones (excluding diaryl/α,β-unsaturated/α-hetero) is 1. The summed E-state index contributed by atoms with van der Waals surface area (Å²) in [5, 5.41) is 0. The van der Waals surface area contributed by atoms with Crippen LogP contribution in [0, 0.1) is 0 Å². The molecule has 1 aromatic carbocycles. The van der Waals surface area contributed by atoms with Crippen LogP contribution in [0.2, 0.25) is 0 Å². The second-order valence-electron chi connectivity index (χ2n) is 3.94. The molecule has 0 saturated heterocycles. The van der Waals surface area contributed by atoms with Crippen molar-refractivity contribution >= 4 is 37.2 Å². The van der Waals surface area contributed by atoms with E-state index < -0.39 is 19.3 Å². The van der Waals surface area contributed by atoms with E-state index in [9.17, 15) is 13.2 Å². The van der Waals surface area contributed by atoms with Crippen LogP contribution in [0.5, 0.6) is 0 Å². The van der Waals surface area contributed by atoms with Crippen molar-refractivity contribution in [1.29, 1.82) is 0 Å². The molecule has 1 rings (SSSR count). The standard InChI is InChI=1S/C12H16BrNO3S/c1-3-12(13,18(16,17)4-2)11(15)9-6-5-7-10(14)8-9/h5-8H,3-4,14H2,1-2H3. The molecule has 1 aromatic rings. The normalized spacial score (nSPS) is 15.1. The zero-order valence-corrected chi connectivity index (χ0v) is 12.7. The number of hydrogen-bond acceptors (Lipinski definition) is 4. The molecule has 4 nitrogen and oxygen atoms in total. The summed E-state index contributed by atoms with van der Waals surface area (Å²) < 4.78 is 22.5. The lowest BCUT2D eigenvalue weighted by atomic mass is 10.1. The molecule has 0 aliphatic rings. The Balaban J connectivity index is 3.31. The number of halogens is 1. The number of benzene rings is 1. The monoisotopic (exact) mass is 333 g/mol. The van der Waals surface area contributed by atoms with Gasteiger partial charge in [0.1, 0.15) is 0 Å². The first kappa shape index (κ1) is 15.2. The second-order valence-corrected chi connectivity index (χ2v) is 8.32.